The lowest BCUT2D eigenvalue weighted by atomic mass is 10.1. The summed E-state index contributed by atoms with van der Waals surface area (Å²) in [7, 11) is 0. The van der Waals surface area contributed by atoms with Gasteiger partial charge >= 0.3 is 5.97 Å². The van der Waals surface area contributed by atoms with Crippen LogP contribution in [0.3, 0.4) is 0 Å². The normalized spacial score (nSPS) is 11.2. The third-order valence-corrected chi connectivity index (χ3v) is 2.05. The highest BCUT2D eigenvalue weighted by molar-refractivity contribution is 5.89. The molecule has 3 nitrogen and oxygen atoms in total. The van der Waals surface area contributed by atoms with Crippen molar-refractivity contribution in [2.75, 3.05) is 13.2 Å². The van der Waals surface area contributed by atoms with Gasteiger partial charge in [-0.15, -0.1) is 0 Å². The van der Waals surface area contributed by atoms with Gasteiger partial charge in [-0.3, -0.25) is 0 Å². The zero-order valence-corrected chi connectivity index (χ0v) is 8.87. The van der Waals surface area contributed by atoms with Gasteiger partial charge in [0.15, 0.2) is 0 Å². The lowest BCUT2D eigenvalue weighted by molar-refractivity contribution is 0.00585. The zero-order chi connectivity index (χ0) is 12.2. The van der Waals surface area contributed by atoms with Gasteiger partial charge in [-0.05, 0) is 19.1 Å². The number of alkyl halides is 2. The molecule has 16 heavy (non-hydrogen) atoms. The van der Waals surface area contributed by atoms with Gasteiger partial charge in [-0.1, -0.05) is 12.1 Å². The number of benzene rings is 1. The zero-order valence-electron chi connectivity index (χ0n) is 8.87. The molecule has 0 heterocycles. The van der Waals surface area contributed by atoms with Gasteiger partial charge in [0.2, 0.25) is 0 Å². The monoisotopic (exact) mass is 229 g/mol. The van der Waals surface area contributed by atoms with Gasteiger partial charge in [0.1, 0.15) is 0 Å². The Kier molecular flexibility index (Phi) is 3.95. The molecule has 0 atom stereocenters. The van der Waals surface area contributed by atoms with Crippen molar-refractivity contribution in [1.29, 1.82) is 0 Å². The molecule has 0 bridgehead atoms. The molecule has 0 aliphatic rings. The molecule has 1 rings (SSSR count). The van der Waals surface area contributed by atoms with Crippen LogP contribution in [0, 0.1) is 0 Å². The lowest BCUT2D eigenvalue weighted by Crippen LogP contribution is -2.25. The quantitative estimate of drug-likeness (QED) is 0.802. The van der Waals surface area contributed by atoms with Gasteiger partial charge in [0.05, 0.1) is 18.7 Å². The van der Waals surface area contributed by atoms with Crippen molar-refractivity contribution in [3.05, 3.63) is 35.4 Å². The van der Waals surface area contributed by atoms with Crippen LogP contribution >= 0.6 is 0 Å². The predicted octanol–water partition coefficient (Wildman–Crippen LogP) is 1.91. The topological polar surface area (TPSA) is 52.3 Å². The number of nitrogens with two attached hydrogens (primary N) is 1. The fourth-order valence-electron chi connectivity index (χ4n) is 1.21. The average Bonchev–Trinajstić information content (AvgIpc) is 2.29. The Morgan fingerprint density at radius 2 is 2.19 bits per heavy atom. The number of halogens is 2. The number of carbonyl (C=O) groups excluding carboxylic acids is 1. The molecule has 0 saturated heterocycles. The largest absolute Gasteiger partial charge is 0.462 e. The van der Waals surface area contributed by atoms with E-state index >= 15 is 0 Å². The van der Waals surface area contributed by atoms with Crippen LogP contribution in [0.4, 0.5) is 8.78 Å². The van der Waals surface area contributed by atoms with Gasteiger partial charge in [0.25, 0.3) is 5.92 Å². The molecule has 88 valence electrons. The van der Waals surface area contributed by atoms with E-state index in [1.165, 1.54) is 18.2 Å². The first-order chi connectivity index (χ1) is 7.51. The minimum atomic E-state index is -3.12. The first-order valence-electron chi connectivity index (χ1n) is 4.87. The maximum atomic E-state index is 13.2. The molecule has 0 aliphatic carbocycles. The van der Waals surface area contributed by atoms with Crippen molar-refractivity contribution in [3.63, 3.8) is 0 Å². The molecule has 2 N–H and O–H groups in total. The third kappa shape index (κ3) is 2.76. The number of hydrogen-bond acceptors (Lipinski definition) is 3. The van der Waals surface area contributed by atoms with E-state index in [2.05, 4.69) is 0 Å². The fourth-order valence-corrected chi connectivity index (χ4v) is 1.21. The van der Waals surface area contributed by atoms with Gasteiger partial charge < -0.3 is 10.5 Å². The van der Waals surface area contributed by atoms with Crippen LogP contribution in [0.15, 0.2) is 24.3 Å². The summed E-state index contributed by atoms with van der Waals surface area (Å²) >= 11 is 0. The van der Waals surface area contributed by atoms with Crippen molar-refractivity contribution in [2.24, 2.45) is 5.73 Å². The van der Waals surface area contributed by atoms with E-state index in [-0.39, 0.29) is 17.7 Å². The number of carbonyl (C=O) groups is 1. The van der Waals surface area contributed by atoms with Crippen molar-refractivity contribution >= 4 is 5.97 Å². The SMILES string of the molecule is CCOC(=O)c1cccc(C(F)(F)CN)c1. The molecule has 0 aliphatic heterocycles. The van der Waals surface area contributed by atoms with Crippen molar-refractivity contribution in [2.45, 2.75) is 12.8 Å². The third-order valence-electron chi connectivity index (χ3n) is 2.05. The predicted molar refractivity (Wildman–Crippen MR) is 55.3 cm³/mol. The van der Waals surface area contributed by atoms with Crippen LogP contribution < -0.4 is 5.73 Å². The first-order valence-corrected chi connectivity index (χ1v) is 4.87. The van der Waals surface area contributed by atoms with Crippen LogP contribution in [0.2, 0.25) is 0 Å². The minimum absolute atomic E-state index is 0.104. The van der Waals surface area contributed by atoms with Crippen molar-refractivity contribution in [1.82, 2.24) is 0 Å². The molecule has 0 radical (unpaired) electrons. The van der Waals surface area contributed by atoms with Crippen LogP contribution in [0.5, 0.6) is 0 Å². The van der Waals surface area contributed by atoms with E-state index in [0.717, 1.165) is 6.07 Å². The highest BCUT2D eigenvalue weighted by atomic mass is 19.3. The summed E-state index contributed by atoms with van der Waals surface area (Å²) in [5, 5.41) is 0. The summed E-state index contributed by atoms with van der Waals surface area (Å²) in [4.78, 5) is 11.3. The smallest absolute Gasteiger partial charge is 0.338 e. The lowest BCUT2D eigenvalue weighted by Gasteiger charge is -2.14. The van der Waals surface area contributed by atoms with Crippen LogP contribution in [0.25, 0.3) is 0 Å². The average molecular weight is 229 g/mol. The van der Waals surface area contributed by atoms with E-state index in [0.29, 0.717) is 0 Å². The Bertz CT molecular complexity index is 380. The molecule has 1 aromatic rings. The number of esters is 1. The van der Waals surface area contributed by atoms with Crippen LogP contribution in [-0.4, -0.2) is 19.1 Å². The Hall–Kier alpha value is -1.49. The minimum Gasteiger partial charge on any atom is -0.462 e. The first kappa shape index (κ1) is 12.6. The summed E-state index contributed by atoms with van der Waals surface area (Å²) in [5.41, 5.74) is 4.78. The number of rotatable bonds is 4. The maximum Gasteiger partial charge on any atom is 0.338 e. The Balaban J connectivity index is 3.00. The molecule has 0 amide bonds. The molecule has 0 unspecified atom stereocenters. The van der Waals surface area contributed by atoms with Gasteiger partial charge in [-0.25, -0.2) is 4.79 Å². The number of ether oxygens (including phenoxy) is 1. The highest BCUT2D eigenvalue weighted by Gasteiger charge is 2.30. The molecule has 0 fully saturated rings. The maximum absolute atomic E-state index is 13.2. The van der Waals surface area contributed by atoms with E-state index in [1.807, 2.05) is 0 Å². The Labute approximate surface area is 92.2 Å². The Morgan fingerprint density at radius 3 is 2.75 bits per heavy atom. The van der Waals surface area contributed by atoms with E-state index in [1.54, 1.807) is 6.92 Å². The summed E-state index contributed by atoms with van der Waals surface area (Å²) in [6.45, 7) is 1.06. The van der Waals surface area contributed by atoms with Crippen LogP contribution in [0.1, 0.15) is 22.8 Å². The second-order valence-corrected chi connectivity index (χ2v) is 3.21. The molecule has 0 aromatic heterocycles. The molecular formula is C11H13F2NO2. The van der Waals surface area contributed by atoms with E-state index in [9.17, 15) is 13.6 Å². The summed E-state index contributed by atoms with van der Waals surface area (Å²) in [6, 6.07) is 5.14. The Morgan fingerprint density at radius 1 is 1.50 bits per heavy atom. The standard InChI is InChI=1S/C11H13F2NO2/c1-2-16-10(15)8-4-3-5-9(6-8)11(12,13)7-14/h3-6H,2,7,14H2,1H3. The molecule has 5 heteroatoms. The summed E-state index contributed by atoms with van der Waals surface area (Å²) in [5.74, 6) is -3.74. The molecular weight excluding hydrogens is 216 g/mol. The molecule has 1 aromatic carbocycles. The second kappa shape index (κ2) is 5.03. The van der Waals surface area contributed by atoms with Crippen LogP contribution in [-0.2, 0) is 10.7 Å². The molecule has 0 spiro atoms. The van der Waals surface area contributed by atoms with E-state index < -0.39 is 18.4 Å². The van der Waals surface area contributed by atoms with Crippen molar-refractivity contribution in [3.8, 4) is 0 Å². The van der Waals surface area contributed by atoms with E-state index in [4.69, 9.17) is 10.5 Å². The fraction of sp³-hybridized carbons (Fsp3) is 0.364. The summed E-state index contributed by atoms with van der Waals surface area (Å²) < 4.78 is 31.2. The van der Waals surface area contributed by atoms with Gasteiger partial charge in [-0.2, -0.15) is 8.78 Å². The molecule has 0 saturated carbocycles. The van der Waals surface area contributed by atoms with Crippen molar-refractivity contribution < 1.29 is 18.3 Å². The second-order valence-electron chi connectivity index (χ2n) is 3.21. The highest BCUT2D eigenvalue weighted by Crippen LogP contribution is 2.27. The summed E-state index contributed by atoms with van der Waals surface area (Å²) in [6.07, 6.45) is 0. The number of hydrogen-bond donors (Lipinski definition) is 1. The van der Waals surface area contributed by atoms with Gasteiger partial charge in [0, 0.05) is 5.56 Å².